The van der Waals surface area contributed by atoms with E-state index in [0.717, 1.165) is 11.4 Å². The maximum atomic E-state index is 6.16. The third kappa shape index (κ3) is 2.11. The van der Waals surface area contributed by atoms with Gasteiger partial charge in [-0.25, -0.2) is 9.89 Å². The van der Waals surface area contributed by atoms with Crippen molar-refractivity contribution in [2.75, 3.05) is 13.7 Å². The van der Waals surface area contributed by atoms with Crippen LogP contribution >= 0.6 is 0 Å². The second-order valence-electron chi connectivity index (χ2n) is 4.57. The van der Waals surface area contributed by atoms with Gasteiger partial charge in [-0.05, 0) is 6.92 Å². The number of amidine groups is 1. The van der Waals surface area contributed by atoms with Crippen LogP contribution in [-0.4, -0.2) is 41.4 Å². The quantitative estimate of drug-likeness (QED) is 0.654. The molecule has 0 amide bonds. The zero-order valence-corrected chi connectivity index (χ0v) is 10.7. The van der Waals surface area contributed by atoms with E-state index in [0.29, 0.717) is 0 Å². The lowest BCUT2D eigenvalue weighted by atomic mass is 10.1. The van der Waals surface area contributed by atoms with Gasteiger partial charge in [0.05, 0.1) is 6.67 Å². The number of aliphatic imine (C=N–C) groups is 1. The van der Waals surface area contributed by atoms with Crippen molar-refractivity contribution in [1.82, 2.24) is 9.80 Å². The van der Waals surface area contributed by atoms with Crippen LogP contribution < -0.4 is 17.2 Å². The molecule has 2 atom stereocenters. The smallest absolute Gasteiger partial charge is 0.167 e. The van der Waals surface area contributed by atoms with Gasteiger partial charge in [0.25, 0.3) is 0 Å². The lowest BCUT2D eigenvalue weighted by Crippen LogP contribution is -2.70. The van der Waals surface area contributed by atoms with Crippen LogP contribution in [0.2, 0.25) is 0 Å². The number of hydrogen-bond acceptors (Lipinski definition) is 6. The third-order valence-electron chi connectivity index (χ3n) is 3.19. The van der Waals surface area contributed by atoms with Gasteiger partial charge in [-0.1, -0.05) is 30.3 Å². The summed E-state index contributed by atoms with van der Waals surface area (Å²) in [7, 11) is 1.88. The van der Waals surface area contributed by atoms with Crippen LogP contribution in [0.3, 0.4) is 0 Å². The van der Waals surface area contributed by atoms with E-state index in [9.17, 15) is 0 Å². The Labute approximate surface area is 107 Å². The highest BCUT2D eigenvalue weighted by Gasteiger charge is 2.38. The highest BCUT2D eigenvalue weighted by atomic mass is 15.6. The highest BCUT2D eigenvalue weighted by molar-refractivity contribution is 5.99. The van der Waals surface area contributed by atoms with Crippen LogP contribution in [0.1, 0.15) is 12.5 Å². The zero-order chi connectivity index (χ0) is 13.3. The summed E-state index contributed by atoms with van der Waals surface area (Å²) in [6.07, 6.45) is -0.391. The van der Waals surface area contributed by atoms with Crippen LogP contribution in [0.25, 0.3) is 0 Å². The average Bonchev–Trinajstić information content (AvgIpc) is 2.35. The summed E-state index contributed by atoms with van der Waals surface area (Å²) < 4.78 is 0. The molecule has 0 bridgehead atoms. The molecule has 6 heteroatoms. The van der Waals surface area contributed by atoms with Gasteiger partial charge in [0.1, 0.15) is 12.1 Å². The van der Waals surface area contributed by atoms with Crippen molar-refractivity contribution in [3.8, 4) is 0 Å². The minimum atomic E-state index is -0.897. The second kappa shape index (κ2) is 4.66. The zero-order valence-electron chi connectivity index (χ0n) is 10.7. The number of benzene rings is 1. The van der Waals surface area contributed by atoms with Crippen LogP contribution in [0.15, 0.2) is 35.3 Å². The van der Waals surface area contributed by atoms with Crippen LogP contribution in [0, 0.1) is 0 Å². The SMILES string of the molecule is CN1C(c2ccccc2)=NC(C)(N)N(CN)C1N. The molecule has 6 N–H and O–H groups in total. The largest absolute Gasteiger partial charge is 0.331 e. The normalized spacial score (nSPS) is 29.3. The summed E-state index contributed by atoms with van der Waals surface area (Å²) >= 11 is 0. The number of hydrogen-bond donors (Lipinski definition) is 3. The molecule has 1 heterocycles. The number of nitrogens with zero attached hydrogens (tertiary/aromatic N) is 3. The van der Waals surface area contributed by atoms with Crippen LogP contribution in [-0.2, 0) is 0 Å². The predicted molar refractivity (Wildman–Crippen MR) is 72.2 cm³/mol. The van der Waals surface area contributed by atoms with Gasteiger partial charge in [-0.15, -0.1) is 0 Å². The van der Waals surface area contributed by atoms with E-state index >= 15 is 0 Å². The average molecular weight is 248 g/mol. The van der Waals surface area contributed by atoms with E-state index in [-0.39, 0.29) is 6.67 Å². The second-order valence-corrected chi connectivity index (χ2v) is 4.57. The molecule has 0 aromatic heterocycles. The Balaban J connectivity index is 2.45. The number of rotatable bonds is 2. The molecular formula is C12H20N6. The first-order valence-electron chi connectivity index (χ1n) is 5.87. The lowest BCUT2D eigenvalue weighted by Gasteiger charge is -2.47. The Morgan fingerprint density at radius 1 is 1.33 bits per heavy atom. The Hall–Kier alpha value is -1.47. The lowest BCUT2D eigenvalue weighted by molar-refractivity contribution is 0.00105. The molecule has 98 valence electrons. The minimum Gasteiger partial charge on any atom is -0.331 e. The van der Waals surface area contributed by atoms with E-state index in [1.54, 1.807) is 11.8 Å². The van der Waals surface area contributed by atoms with E-state index in [1.807, 2.05) is 42.3 Å². The van der Waals surface area contributed by atoms with Crippen molar-refractivity contribution in [3.05, 3.63) is 35.9 Å². The van der Waals surface area contributed by atoms with Crippen molar-refractivity contribution in [2.24, 2.45) is 22.2 Å². The van der Waals surface area contributed by atoms with Crippen molar-refractivity contribution >= 4 is 5.84 Å². The van der Waals surface area contributed by atoms with Gasteiger partial charge in [0.15, 0.2) is 5.79 Å². The summed E-state index contributed by atoms with van der Waals surface area (Å²) in [6, 6.07) is 9.84. The topological polar surface area (TPSA) is 96.9 Å². The van der Waals surface area contributed by atoms with Crippen molar-refractivity contribution < 1.29 is 0 Å². The minimum absolute atomic E-state index is 0.254. The molecule has 18 heavy (non-hydrogen) atoms. The standard InChI is InChI=1S/C12H20N6/c1-12(15)16-10(9-6-4-3-5-7-9)17(2)11(14)18(12)8-13/h3-7,11H,8,13-15H2,1-2H3. The van der Waals surface area contributed by atoms with Crippen molar-refractivity contribution in [2.45, 2.75) is 19.0 Å². The molecule has 0 saturated heterocycles. The van der Waals surface area contributed by atoms with E-state index in [4.69, 9.17) is 17.2 Å². The molecule has 0 saturated carbocycles. The fourth-order valence-corrected chi connectivity index (χ4v) is 2.11. The van der Waals surface area contributed by atoms with Crippen LogP contribution in [0.4, 0.5) is 0 Å². The first kappa shape index (κ1) is 13.0. The molecule has 6 nitrogen and oxygen atoms in total. The Morgan fingerprint density at radius 2 is 1.94 bits per heavy atom. The fraction of sp³-hybridized carbons (Fsp3) is 0.417. The summed E-state index contributed by atoms with van der Waals surface area (Å²) in [5.74, 6) is -0.121. The molecule has 1 aromatic carbocycles. The Morgan fingerprint density at radius 3 is 2.50 bits per heavy atom. The van der Waals surface area contributed by atoms with Crippen molar-refractivity contribution in [3.63, 3.8) is 0 Å². The first-order chi connectivity index (χ1) is 8.47. The highest BCUT2D eigenvalue weighted by Crippen LogP contribution is 2.21. The molecule has 0 spiro atoms. The van der Waals surface area contributed by atoms with E-state index in [1.165, 1.54) is 0 Å². The molecule has 1 aliphatic heterocycles. The van der Waals surface area contributed by atoms with E-state index in [2.05, 4.69) is 4.99 Å². The molecule has 2 rings (SSSR count). The molecule has 2 unspecified atom stereocenters. The summed E-state index contributed by atoms with van der Waals surface area (Å²) in [5.41, 5.74) is 19.0. The van der Waals surface area contributed by atoms with Gasteiger partial charge in [-0.2, -0.15) is 0 Å². The first-order valence-corrected chi connectivity index (χ1v) is 5.87. The molecule has 0 fully saturated rings. The Bertz CT molecular complexity index is 441. The maximum absolute atomic E-state index is 6.16. The molecule has 0 radical (unpaired) electrons. The Kier molecular flexibility index (Phi) is 3.36. The van der Waals surface area contributed by atoms with E-state index < -0.39 is 12.1 Å². The number of nitrogens with two attached hydrogens (primary N) is 3. The molecule has 0 aliphatic carbocycles. The summed E-state index contributed by atoms with van der Waals surface area (Å²) in [6.45, 7) is 2.06. The summed E-state index contributed by atoms with van der Waals surface area (Å²) in [4.78, 5) is 8.16. The third-order valence-corrected chi connectivity index (χ3v) is 3.19. The monoisotopic (exact) mass is 248 g/mol. The molecular weight excluding hydrogens is 228 g/mol. The molecule has 1 aliphatic rings. The van der Waals surface area contributed by atoms with Gasteiger partial charge in [0, 0.05) is 12.6 Å². The molecule has 1 aromatic rings. The van der Waals surface area contributed by atoms with Gasteiger partial charge < -0.3 is 10.6 Å². The summed E-state index contributed by atoms with van der Waals surface area (Å²) in [5, 5.41) is 0. The fourth-order valence-electron chi connectivity index (χ4n) is 2.11. The van der Waals surface area contributed by atoms with Gasteiger partial charge in [-0.3, -0.25) is 11.5 Å². The van der Waals surface area contributed by atoms with Gasteiger partial charge in [0.2, 0.25) is 0 Å². The predicted octanol–water partition coefficient (Wildman–Crippen LogP) is -0.528. The van der Waals surface area contributed by atoms with Gasteiger partial charge >= 0.3 is 0 Å². The van der Waals surface area contributed by atoms with Crippen molar-refractivity contribution in [1.29, 1.82) is 0 Å². The van der Waals surface area contributed by atoms with Crippen LogP contribution in [0.5, 0.6) is 0 Å². The maximum Gasteiger partial charge on any atom is 0.167 e.